The monoisotopic (exact) mass is 618 g/mol. The van der Waals surface area contributed by atoms with Crippen molar-refractivity contribution < 1.29 is 0 Å². The number of hydrogen-bond acceptors (Lipinski definition) is 3. The lowest BCUT2D eigenvalue weighted by atomic mass is 9.43. The second-order valence-electron chi connectivity index (χ2n) is 14.3. The molecule has 230 valence electrons. The van der Waals surface area contributed by atoms with Crippen LogP contribution < -0.4 is 0 Å². The number of aromatic nitrogens is 3. The summed E-state index contributed by atoms with van der Waals surface area (Å²) in [6.45, 7) is 8.60. The molecule has 0 atom stereocenters. The molecule has 0 saturated heterocycles. The lowest BCUT2D eigenvalue weighted by molar-refractivity contribution is -0.0399. The fourth-order valence-electron chi connectivity index (χ4n) is 10.3. The van der Waals surface area contributed by atoms with Gasteiger partial charge in [0, 0.05) is 22.1 Å². The molecule has 4 nitrogen and oxygen atoms in total. The highest BCUT2D eigenvalue weighted by atomic mass is 15.0. The number of benzene rings is 5. The van der Waals surface area contributed by atoms with E-state index in [1.807, 2.05) is 42.5 Å². The quantitative estimate of drug-likeness (QED) is 0.185. The maximum Gasteiger partial charge on any atom is 0.202 e. The Balaban J connectivity index is 1.22. The topological polar surface area (TPSA) is 43.0 Å². The van der Waals surface area contributed by atoms with E-state index in [0.717, 1.165) is 50.9 Å². The Kier molecular flexibility index (Phi) is 6.09. The standard InChI is InChI=1S/C44H34N4/c1-45-40-35(29-11-5-2-6-12-29)18-20-38-39(40)36-26-32(17-19-37(36)44(38)33-22-27-21-28(24-33)25-34(44)23-27)43-47-41(30-13-7-3-8-14-30)46-42(48-43)31-15-9-4-10-16-31/h2-20,26-28,33-34H,21-25H2. The van der Waals surface area contributed by atoms with E-state index in [-0.39, 0.29) is 5.41 Å². The first kappa shape index (κ1) is 27.7. The highest BCUT2D eigenvalue weighted by Gasteiger charge is 2.61. The number of rotatable bonds is 4. The first-order valence-electron chi connectivity index (χ1n) is 17.3. The summed E-state index contributed by atoms with van der Waals surface area (Å²) in [6, 6.07) is 42.3. The third-order valence-corrected chi connectivity index (χ3v) is 11.9. The largest absolute Gasteiger partial charge is 0.237 e. The van der Waals surface area contributed by atoms with Crippen LogP contribution in [0.5, 0.6) is 0 Å². The first-order chi connectivity index (χ1) is 23.7. The normalized spacial score (nSPS) is 24.3. The van der Waals surface area contributed by atoms with Gasteiger partial charge >= 0.3 is 0 Å². The third kappa shape index (κ3) is 3.97. The van der Waals surface area contributed by atoms with Crippen LogP contribution in [0.2, 0.25) is 0 Å². The second-order valence-corrected chi connectivity index (χ2v) is 14.3. The highest BCUT2D eigenvalue weighted by Crippen LogP contribution is 2.70. The number of fused-ring (bicyclic) bond motifs is 3. The van der Waals surface area contributed by atoms with Gasteiger partial charge in [0.05, 0.1) is 6.57 Å². The van der Waals surface area contributed by atoms with Crippen molar-refractivity contribution >= 4 is 5.69 Å². The molecule has 5 aromatic carbocycles. The van der Waals surface area contributed by atoms with E-state index in [2.05, 4.69) is 83.7 Å². The fourth-order valence-corrected chi connectivity index (χ4v) is 10.3. The Morgan fingerprint density at radius 1 is 0.500 bits per heavy atom. The molecule has 5 aliphatic rings. The Bertz CT molecular complexity index is 2170. The summed E-state index contributed by atoms with van der Waals surface area (Å²) < 4.78 is 0. The Morgan fingerprint density at radius 2 is 1.00 bits per heavy atom. The molecule has 0 N–H and O–H groups in total. The van der Waals surface area contributed by atoms with Crippen molar-refractivity contribution in [3.63, 3.8) is 0 Å². The van der Waals surface area contributed by atoms with Gasteiger partial charge < -0.3 is 0 Å². The van der Waals surface area contributed by atoms with Crippen LogP contribution in [0.25, 0.3) is 61.3 Å². The van der Waals surface area contributed by atoms with Crippen LogP contribution in [-0.4, -0.2) is 15.0 Å². The van der Waals surface area contributed by atoms with E-state index >= 15 is 0 Å². The zero-order chi connectivity index (χ0) is 31.8. The lowest BCUT2D eigenvalue weighted by Gasteiger charge is -2.61. The SMILES string of the molecule is [C-]#[N+]c1c(-c2ccccc2)ccc2c1-c1cc(-c3nc(-c4ccccc4)nc(-c4ccccc4)n3)ccc1C21C2CC3CC(C2)CC1C3. The van der Waals surface area contributed by atoms with Gasteiger partial charge in [0.15, 0.2) is 17.5 Å². The van der Waals surface area contributed by atoms with Gasteiger partial charge in [0.2, 0.25) is 5.69 Å². The Labute approximate surface area is 281 Å². The van der Waals surface area contributed by atoms with Gasteiger partial charge in [0.1, 0.15) is 0 Å². The molecule has 5 aliphatic carbocycles. The summed E-state index contributed by atoms with van der Waals surface area (Å²) >= 11 is 0. The van der Waals surface area contributed by atoms with E-state index in [0.29, 0.717) is 29.3 Å². The maximum absolute atomic E-state index is 8.60. The summed E-state index contributed by atoms with van der Waals surface area (Å²) in [5.41, 5.74) is 10.9. The van der Waals surface area contributed by atoms with Crippen LogP contribution in [0.15, 0.2) is 121 Å². The molecule has 6 aromatic rings. The van der Waals surface area contributed by atoms with Crippen molar-refractivity contribution in [2.45, 2.75) is 37.5 Å². The van der Waals surface area contributed by atoms with Crippen molar-refractivity contribution in [1.29, 1.82) is 0 Å². The van der Waals surface area contributed by atoms with Crippen LogP contribution in [0.3, 0.4) is 0 Å². The number of hydrogen-bond donors (Lipinski definition) is 0. The Hall–Kier alpha value is -5.40. The van der Waals surface area contributed by atoms with Gasteiger partial charge in [-0.15, -0.1) is 0 Å². The van der Waals surface area contributed by atoms with Crippen LogP contribution in [0.4, 0.5) is 5.69 Å². The average molecular weight is 619 g/mol. The summed E-state index contributed by atoms with van der Waals surface area (Å²) in [6.07, 6.45) is 6.62. The zero-order valence-corrected chi connectivity index (χ0v) is 26.7. The molecule has 0 aliphatic heterocycles. The predicted molar refractivity (Wildman–Crippen MR) is 191 cm³/mol. The molecule has 11 rings (SSSR count). The highest BCUT2D eigenvalue weighted by molar-refractivity contribution is 5.99. The molecule has 0 amide bonds. The summed E-state index contributed by atoms with van der Waals surface area (Å²) in [5.74, 6) is 4.91. The molecule has 4 fully saturated rings. The van der Waals surface area contributed by atoms with Gasteiger partial charge in [-0.25, -0.2) is 19.8 Å². The predicted octanol–water partition coefficient (Wildman–Crippen LogP) is 10.8. The third-order valence-electron chi connectivity index (χ3n) is 11.9. The van der Waals surface area contributed by atoms with Crippen molar-refractivity contribution in [2.75, 3.05) is 0 Å². The van der Waals surface area contributed by atoms with E-state index < -0.39 is 0 Å². The molecular formula is C44H34N4. The van der Waals surface area contributed by atoms with Gasteiger partial charge in [-0.05, 0) is 95.2 Å². The molecule has 48 heavy (non-hydrogen) atoms. The van der Waals surface area contributed by atoms with E-state index in [4.69, 9.17) is 21.5 Å². The summed E-state index contributed by atoms with van der Waals surface area (Å²) in [4.78, 5) is 19.4. The minimum Gasteiger partial charge on any atom is -0.237 e. The van der Waals surface area contributed by atoms with Crippen LogP contribution in [0, 0.1) is 30.2 Å². The van der Waals surface area contributed by atoms with Gasteiger partial charge in [-0.3, -0.25) is 0 Å². The van der Waals surface area contributed by atoms with Gasteiger partial charge in [0.25, 0.3) is 0 Å². The van der Waals surface area contributed by atoms with Crippen molar-refractivity contribution in [3.8, 4) is 56.4 Å². The molecule has 4 heteroatoms. The molecule has 0 unspecified atom stereocenters. The van der Waals surface area contributed by atoms with Crippen LogP contribution in [0.1, 0.15) is 43.2 Å². The number of nitrogens with zero attached hydrogens (tertiary/aromatic N) is 4. The fraction of sp³-hybridized carbons (Fsp3) is 0.227. The van der Waals surface area contributed by atoms with E-state index in [1.165, 1.54) is 48.8 Å². The Morgan fingerprint density at radius 3 is 1.54 bits per heavy atom. The smallest absolute Gasteiger partial charge is 0.202 e. The van der Waals surface area contributed by atoms with Crippen molar-refractivity contribution in [3.05, 3.63) is 144 Å². The van der Waals surface area contributed by atoms with Crippen molar-refractivity contribution in [2.24, 2.45) is 23.7 Å². The minimum atomic E-state index is -0.0330. The summed E-state index contributed by atoms with van der Waals surface area (Å²) in [7, 11) is 0. The molecule has 4 bridgehead atoms. The molecule has 4 saturated carbocycles. The molecule has 0 radical (unpaired) electrons. The average Bonchev–Trinajstić information content (AvgIpc) is 3.44. The lowest BCUT2D eigenvalue weighted by Crippen LogP contribution is -2.55. The molecule has 1 heterocycles. The van der Waals surface area contributed by atoms with Crippen LogP contribution in [-0.2, 0) is 5.41 Å². The molecule has 1 spiro atoms. The summed E-state index contributed by atoms with van der Waals surface area (Å²) in [5, 5.41) is 0. The van der Waals surface area contributed by atoms with Gasteiger partial charge in [-0.1, -0.05) is 115 Å². The minimum absolute atomic E-state index is 0.0330. The van der Waals surface area contributed by atoms with E-state index in [1.54, 1.807) is 0 Å². The second kappa shape index (κ2) is 10.6. The molecule has 1 aromatic heterocycles. The zero-order valence-electron chi connectivity index (χ0n) is 26.7. The van der Waals surface area contributed by atoms with Crippen LogP contribution >= 0.6 is 0 Å². The van der Waals surface area contributed by atoms with Gasteiger partial charge in [-0.2, -0.15) is 0 Å². The van der Waals surface area contributed by atoms with E-state index in [9.17, 15) is 0 Å². The maximum atomic E-state index is 8.60. The molecular weight excluding hydrogens is 585 g/mol. The first-order valence-corrected chi connectivity index (χ1v) is 17.3. The van der Waals surface area contributed by atoms with Crippen molar-refractivity contribution in [1.82, 2.24) is 15.0 Å².